The lowest BCUT2D eigenvalue weighted by atomic mass is 10.0. The quantitative estimate of drug-likeness (QED) is 0.498. The molecule has 2 rings (SSSR count). The predicted molar refractivity (Wildman–Crippen MR) is 80.9 cm³/mol. The number of nitro groups is 1. The van der Waals surface area contributed by atoms with Crippen LogP contribution in [-0.2, 0) is 0 Å². The maximum absolute atomic E-state index is 11.2. The van der Waals surface area contributed by atoms with Crippen LogP contribution in [0.5, 0.6) is 0 Å². The summed E-state index contributed by atoms with van der Waals surface area (Å²) in [6, 6.07) is 1.59. The first-order valence-electron chi connectivity index (χ1n) is 6.12. The first-order valence-corrected chi connectivity index (χ1v) is 7.29. The van der Waals surface area contributed by atoms with E-state index in [0.717, 1.165) is 25.8 Å². The fourth-order valence-corrected chi connectivity index (χ4v) is 3.41. The fourth-order valence-electron chi connectivity index (χ4n) is 2.45. The molecule has 0 radical (unpaired) electrons. The van der Waals surface area contributed by atoms with Crippen molar-refractivity contribution in [2.24, 2.45) is 0 Å². The highest BCUT2D eigenvalue weighted by molar-refractivity contribution is 9.10. The second-order valence-corrected chi connectivity index (χ2v) is 5.95. The summed E-state index contributed by atoms with van der Waals surface area (Å²) in [7, 11) is 0. The maximum Gasteiger partial charge on any atom is 0.295 e. The topological polar surface area (TPSA) is 72.4 Å². The summed E-state index contributed by atoms with van der Waals surface area (Å²) in [5, 5.41) is 11.4. The number of piperidine rings is 1. The molecule has 1 atom stereocenters. The molecule has 0 amide bonds. The van der Waals surface area contributed by atoms with Crippen molar-refractivity contribution in [3.05, 3.63) is 25.7 Å². The number of halogens is 2. The lowest BCUT2D eigenvalue weighted by Crippen LogP contribution is -2.38. The lowest BCUT2D eigenvalue weighted by Gasteiger charge is -2.35. The zero-order valence-corrected chi connectivity index (χ0v) is 12.9. The van der Waals surface area contributed by atoms with Crippen LogP contribution < -0.4 is 10.6 Å². The van der Waals surface area contributed by atoms with Gasteiger partial charge in [-0.15, -0.1) is 0 Å². The molecule has 0 saturated carbocycles. The first kappa shape index (κ1) is 14.4. The van der Waals surface area contributed by atoms with Crippen LogP contribution in [0, 0.1) is 10.1 Å². The van der Waals surface area contributed by atoms with Crippen LogP contribution >= 0.6 is 27.5 Å². The molecule has 1 saturated heterocycles. The molecule has 2 N–H and O–H groups in total. The summed E-state index contributed by atoms with van der Waals surface area (Å²) in [4.78, 5) is 12.9. The molecule has 104 valence electrons. The number of hydrogen-bond acceptors (Lipinski definition) is 4. The van der Waals surface area contributed by atoms with Gasteiger partial charge in [0.05, 0.1) is 20.1 Å². The standard InChI is InChI=1S/C12H15BrClN3O2/c1-7-4-2-3-5-16(7)12-9(17(18)19)6-8(14)11(15)10(12)13/h6-7H,2-5,15H2,1H3. The van der Waals surface area contributed by atoms with Crippen LogP contribution in [0.15, 0.2) is 10.5 Å². The number of nitro benzene ring substituents is 1. The van der Waals surface area contributed by atoms with Crippen LogP contribution in [0.4, 0.5) is 17.1 Å². The maximum atomic E-state index is 11.2. The van der Waals surface area contributed by atoms with Crippen molar-refractivity contribution in [2.75, 3.05) is 17.2 Å². The zero-order chi connectivity index (χ0) is 14.2. The van der Waals surface area contributed by atoms with Crippen molar-refractivity contribution < 1.29 is 4.92 Å². The predicted octanol–water partition coefficient (Wildman–Crippen LogP) is 3.97. The average Bonchev–Trinajstić information content (AvgIpc) is 2.37. The Morgan fingerprint density at radius 2 is 2.26 bits per heavy atom. The van der Waals surface area contributed by atoms with E-state index in [1.54, 1.807) is 0 Å². The monoisotopic (exact) mass is 347 g/mol. The number of nitrogen functional groups attached to an aromatic ring is 1. The molecule has 1 unspecified atom stereocenters. The summed E-state index contributed by atoms with van der Waals surface area (Å²) < 4.78 is 0.514. The molecule has 1 aromatic rings. The highest BCUT2D eigenvalue weighted by Gasteiger charge is 2.30. The summed E-state index contributed by atoms with van der Waals surface area (Å²) in [6.45, 7) is 2.86. The van der Waals surface area contributed by atoms with E-state index in [-0.39, 0.29) is 16.8 Å². The van der Waals surface area contributed by atoms with Crippen molar-refractivity contribution in [1.82, 2.24) is 0 Å². The van der Waals surface area contributed by atoms with E-state index in [4.69, 9.17) is 17.3 Å². The summed E-state index contributed by atoms with van der Waals surface area (Å²) in [5.74, 6) is 0. The SMILES string of the molecule is CC1CCCCN1c1c([N+](=O)[O-])cc(Cl)c(N)c1Br. The molecule has 0 spiro atoms. The number of anilines is 2. The third-order valence-electron chi connectivity index (χ3n) is 3.49. The Balaban J connectivity index is 2.59. The third-order valence-corrected chi connectivity index (χ3v) is 4.61. The second-order valence-electron chi connectivity index (χ2n) is 4.75. The first-order chi connectivity index (χ1) is 8.93. The Labute approximate surface area is 125 Å². The number of nitrogens with zero attached hydrogens (tertiary/aromatic N) is 2. The zero-order valence-electron chi connectivity index (χ0n) is 10.5. The minimum absolute atomic E-state index is 0.000162. The average molecular weight is 349 g/mol. The van der Waals surface area contributed by atoms with Gasteiger partial charge in [-0.1, -0.05) is 11.6 Å². The van der Waals surface area contributed by atoms with Crippen molar-refractivity contribution in [2.45, 2.75) is 32.2 Å². The highest BCUT2D eigenvalue weighted by atomic mass is 79.9. The van der Waals surface area contributed by atoms with Gasteiger partial charge < -0.3 is 10.6 Å². The Morgan fingerprint density at radius 3 is 2.84 bits per heavy atom. The number of hydrogen-bond donors (Lipinski definition) is 1. The van der Waals surface area contributed by atoms with Crippen LogP contribution in [-0.4, -0.2) is 17.5 Å². The van der Waals surface area contributed by atoms with Crippen molar-refractivity contribution >= 4 is 44.6 Å². The molecular formula is C12H15BrClN3O2. The van der Waals surface area contributed by atoms with Gasteiger partial charge in [-0.05, 0) is 42.1 Å². The molecule has 1 fully saturated rings. The highest BCUT2D eigenvalue weighted by Crippen LogP contribution is 2.45. The van der Waals surface area contributed by atoms with Gasteiger partial charge in [-0.3, -0.25) is 10.1 Å². The van der Waals surface area contributed by atoms with Gasteiger partial charge in [0.15, 0.2) is 0 Å². The minimum Gasteiger partial charge on any atom is -0.397 e. The Kier molecular flexibility index (Phi) is 4.20. The van der Waals surface area contributed by atoms with E-state index >= 15 is 0 Å². The van der Waals surface area contributed by atoms with E-state index < -0.39 is 4.92 Å². The van der Waals surface area contributed by atoms with Gasteiger partial charge in [-0.2, -0.15) is 0 Å². The lowest BCUT2D eigenvalue weighted by molar-refractivity contribution is -0.384. The van der Waals surface area contributed by atoms with Crippen LogP contribution in [0.25, 0.3) is 0 Å². The largest absolute Gasteiger partial charge is 0.397 e. The van der Waals surface area contributed by atoms with Gasteiger partial charge in [0.1, 0.15) is 5.69 Å². The minimum atomic E-state index is -0.410. The number of rotatable bonds is 2. The molecule has 7 heteroatoms. The Morgan fingerprint density at radius 1 is 1.58 bits per heavy atom. The van der Waals surface area contributed by atoms with E-state index in [9.17, 15) is 10.1 Å². The molecule has 1 aliphatic heterocycles. The summed E-state index contributed by atoms with van der Waals surface area (Å²) in [6.07, 6.45) is 3.19. The molecule has 0 aromatic heterocycles. The van der Waals surface area contributed by atoms with E-state index in [2.05, 4.69) is 22.9 Å². The van der Waals surface area contributed by atoms with Crippen molar-refractivity contribution in [1.29, 1.82) is 0 Å². The molecule has 1 aliphatic rings. The van der Waals surface area contributed by atoms with Gasteiger partial charge in [0, 0.05) is 18.7 Å². The molecule has 1 aromatic carbocycles. The van der Waals surface area contributed by atoms with Gasteiger partial charge in [0.2, 0.25) is 0 Å². The summed E-state index contributed by atoms with van der Waals surface area (Å²) >= 11 is 9.29. The van der Waals surface area contributed by atoms with Gasteiger partial charge >= 0.3 is 0 Å². The van der Waals surface area contributed by atoms with Crippen molar-refractivity contribution in [3.8, 4) is 0 Å². The molecule has 1 heterocycles. The summed E-state index contributed by atoms with van der Waals surface area (Å²) in [5.41, 5.74) is 6.76. The van der Waals surface area contributed by atoms with E-state index in [1.807, 2.05) is 4.90 Å². The van der Waals surface area contributed by atoms with E-state index in [1.165, 1.54) is 6.07 Å². The fraction of sp³-hybridized carbons (Fsp3) is 0.500. The molecule has 0 aliphatic carbocycles. The Hall–Kier alpha value is -1.01. The number of nitrogens with two attached hydrogens (primary N) is 1. The van der Waals surface area contributed by atoms with Gasteiger partial charge in [-0.25, -0.2) is 0 Å². The van der Waals surface area contributed by atoms with Crippen LogP contribution in [0.1, 0.15) is 26.2 Å². The van der Waals surface area contributed by atoms with Crippen LogP contribution in [0.3, 0.4) is 0 Å². The third kappa shape index (κ3) is 2.65. The van der Waals surface area contributed by atoms with Gasteiger partial charge in [0.25, 0.3) is 5.69 Å². The molecule has 0 bridgehead atoms. The smallest absolute Gasteiger partial charge is 0.295 e. The molecular weight excluding hydrogens is 334 g/mol. The van der Waals surface area contributed by atoms with Crippen molar-refractivity contribution in [3.63, 3.8) is 0 Å². The van der Waals surface area contributed by atoms with E-state index in [0.29, 0.717) is 15.8 Å². The van der Waals surface area contributed by atoms with Crippen LogP contribution in [0.2, 0.25) is 5.02 Å². The second kappa shape index (κ2) is 5.54. The molecule has 19 heavy (non-hydrogen) atoms. The Bertz CT molecular complexity index is 524. The normalized spacial score (nSPS) is 19.5. The number of benzene rings is 1. The molecule has 5 nitrogen and oxygen atoms in total.